The minimum atomic E-state index is 0.299. The van der Waals surface area contributed by atoms with Crippen LogP contribution in [-0.2, 0) is 19.4 Å². The van der Waals surface area contributed by atoms with Crippen molar-refractivity contribution in [2.24, 2.45) is 0 Å². The summed E-state index contributed by atoms with van der Waals surface area (Å²) in [5.41, 5.74) is 0.925. The van der Waals surface area contributed by atoms with Gasteiger partial charge in [-0.05, 0) is 13.3 Å². The lowest BCUT2D eigenvalue weighted by molar-refractivity contribution is 0.439. The van der Waals surface area contributed by atoms with E-state index in [0.717, 1.165) is 49.0 Å². The molecule has 0 fully saturated rings. The van der Waals surface area contributed by atoms with Gasteiger partial charge in [-0.15, -0.1) is 0 Å². The van der Waals surface area contributed by atoms with Crippen molar-refractivity contribution in [2.75, 3.05) is 5.32 Å². The number of fused-ring (bicyclic) bond motifs is 2. The maximum atomic E-state index is 4.55. The quantitative estimate of drug-likeness (QED) is 0.777. The molecule has 8 heteroatoms. The van der Waals surface area contributed by atoms with Crippen molar-refractivity contribution < 1.29 is 0 Å². The number of hydrogen-bond acceptors (Lipinski definition) is 6. The molecule has 4 rings (SSSR count). The predicted molar refractivity (Wildman–Crippen MR) is 80.7 cm³/mol. The van der Waals surface area contributed by atoms with Gasteiger partial charge in [0.15, 0.2) is 5.82 Å². The second-order valence-corrected chi connectivity index (χ2v) is 5.61. The third-order valence-electron chi connectivity index (χ3n) is 3.95. The van der Waals surface area contributed by atoms with Gasteiger partial charge in [-0.25, -0.2) is 14.6 Å². The Morgan fingerprint density at radius 2 is 2.27 bits per heavy atom. The number of anilines is 1. The molecule has 0 amide bonds. The second-order valence-electron chi connectivity index (χ2n) is 5.61. The largest absolute Gasteiger partial charge is 0.365 e. The molecule has 3 aromatic heterocycles. The van der Waals surface area contributed by atoms with Gasteiger partial charge in [0.1, 0.15) is 18.0 Å². The van der Waals surface area contributed by atoms with Gasteiger partial charge in [-0.2, -0.15) is 19.7 Å². The van der Waals surface area contributed by atoms with Gasteiger partial charge >= 0.3 is 0 Å². The van der Waals surface area contributed by atoms with Crippen LogP contribution in [-0.4, -0.2) is 40.4 Å². The molecule has 114 valence electrons. The molecule has 8 nitrogen and oxygen atoms in total. The van der Waals surface area contributed by atoms with Crippen molar-refractivity contribution in [3.8, 4) is 0 Å². The van der Waals surface area contributed by atoms with Gasteiger partial charge in [-0.1, -0.05) is 6.92 Å². The van der Waals surface area contributed by atoms with Crippen molar-refractivity contribution in [1.82, 2.24) is 34.3 Å². The van der Waals surface area contributed by atoms with Crippen molar-refractivity contribution in [3.05, 3.63) is 29.7 Å². The molecule has 0 bridgehead atoms. The number of aromatic nitrogens is 7. The molecular formula is C14H18N8. The van der Waals surface area contributed by atoms with Gasteiger partial charge in [0.2, 0.25) is 0 Å². The minimum Gasteiger partial charge on any atom is -0.365 e. The highest BCUT2D eigenvalue weighted by atomic mass is 15.4. The number of nitrogens with one attached hydrogen (secondary N) is 1. The summed E-state index contributed by atoms with van der Waals surface area (Å²) in [5.74, 6) is 3.55. The molecule has 0 spiro atoms. The maximum Gasteiger partial charge on any atom is 0.254 e. The van der Waals surface area contributed by atoms with Gasteiger partial charge in [0, 0.05) is 30.6 Å². The van der Waals surface area contributed by atoms with E-state index in [1.165, 1.54) is 6.33 Å². The molecule has 0 aromatic carbocycles. The average Bonchev–Trinajstić information content (AvgIpc) is 3.12. The van der Waals surface area contributed by atoms with Crippen LogP contribution in [0.1, 0.15) is 30.7 Å². The van der Waals surface area contributed by atoms with Crippen LogP contribution >= 0.6 is 0 Å². The van der Waals surface area contributed by atoms with Crippen LogP contribution in [0.2, 0.25) is 0 Å². The second kappa shape index (κ2) is 5.04. The molecule has 22 heavy (non-hydrogen) atoms. The van der Waals surface area contributed by atoms with Crippen LogP contribution in [0, 0.1) is 6.92 Å². The zero-order chi connectivity index (χ0) is 15.1. The Morgan fingerprint density at radius 3 is 3.14 bits per heavy atom. The lowest BCUT2D eigenvalue weighted by atomic mass is 10.1. The first kappa shape index (κ1) is 13.2. The lowest BCUT2D eigenvalue weighted by Gasteiger charge is -2.24. The van der Waals surface area contributed by atoms with E-state index in [2.05, 4.69) is 37.4 Å². The summed E-state index contributed by atoms with van der Waals surface area (Å²) in [6.45, 7) is 4.86. The van der Waals surface area contributed by atoms with Gasteiger partial charge in [0.25, 0.3) is 5.78 Å². The zero-order valence-electron chi connectivity index (χ0n) is 12.7. The third kappa shape index (κ3) is 2.20. The zero-order valence-corrected chi connectivity index (χ0v) is 12.7. The van der Waals surface area contributed by atoms with E-state index in [1.807, 2.05) is 17.7 Å². The van der Waals surface area contributed by atoms with E-state index in [-0.39, 0.29) is 0 Å². The number of nitrogens with zero attached hydrogens (tertiary/aromatic N) is 7. The molecule has 4 heterocycles. The number of aryl methyl sites for hydroxylation is 3. The van der Waals surface area contributed by atoms with E-state index in [9.17, 15) is 0 Å². The molecule has 0 aliphatic carbocycles. The fraction of sp³-hybridized carbons (Fsp3) is 0.500. The molecule has 0 saturated heterocycles. The summed E-state index contributed by atoms with van der Waals surface area (Å²) in [6.07, 6.45) is 4.37. The molecular weight excluding hydrogens is 280 g/mol. The van der Waals surface area contributed by atoms with E-state index in [0.29, 0.717) is 11.8 Å². The van der Waals surface area contributed by atoms with Gasteiger partial charge in [-0.3, -0.25) is 0 Å². The minimum absolute atomic E-state index is 0.299. The predicted octanol–water partition coefficient (Wildman–Crippen LogP) is 1.01. The fourth-order valence-electron chi connectivity index (χ4n) is 2.87. The Hall–Kier alpha value is -2.51. The first-order chi connectivity index (χ1) is 10.7. The van der Waals surface area contributed by atoms with Crippen molar-refractivity contribution in [1.29, 1.82) is 0 Å². The summed E-state index contributed by atoms with van der Waals surface area (Å²) in [7, 11) is 0. The lowest BCUT2D eigenvalue weighted by Crippen LogP contribution is -2.32. The molecule has 0 saturated carbocycles. The van der Waals surface area contributed by atoms with E-state index in [1.54, 1.807) is 4.52 Å². The molecule has 1 aliphatic rings. The Kier molecular flexibility index (Phi) is 3.02. The highest BCUT2D eigenvalue weighted by Crippen LogP contribution is 2.18. The monoisotopic (exact) mass is 298 g/mol. The first-order valence-electron chi connectivity index (χ1n) is 7.59. The standard InChI is InChI=1S/C14H18N8/c1-3-11-19-12-5-4-10(7-21(12)20-11)18-13-6-9(2)17-14-15-8-16-22(13)14/h6,8,10,18H,3-5,7H2,1-2H3. The first-order valence-corrected chi connectivity index (χ1v) is 7.59. The summed E-state index contributed by atoms with van der Waals surface area (Å²) >= 11 is 0. The molecule has 3 aromatic rings. The van der Waals surface area contributed by atoms with E-state index in [4.69, 9.17) is 0 Å². The van der Waals surface area contributed by atoms with Crippen molar-refractivity contribution in [3.63, 3.8) is 0 Å². The average molecular weight is 298 g/mol. The summed E-state index contributed by atoms with van der Waals surface area (Å²) in [5, 5.41) is 12.3. The normalized spacial score (nSPS) is 17.6. The maximum absolute atomic E-state index is 4.55. The van der Waals surface area contributed by atoms with Crippen LogP contribution in [0.25, 0.3) is 5.78 Å². The van der Waals surface area contributed by atoms with Crippen LogP contribution in [0.3, 0.4) is 0 Å². The van der Waals surface area contributed by atoms with Crippen LogP contribution < -0.4 is 5.32 Å². The topological polar surface area (TPSA) is 85.8 Å². The van der Waals surface area contributed by atoms with Crippen LogP contribution in [0.15, 0.2) is 12.4 Å². The summed E-state index contributed by atoms with van der Waals surface area (Å²) in [4.78, 5) is 13.1. The smallest absolute Gasteiger partial charge is 0.254 e. The Bertz CT molecular complexity index is 817. The molecule has 1 N–H and O–H groups in total. The Morgan fingerprint density at radius 1 is 1.36 bits per heavy atom. The van der Waals surface area contributed by atoms with E-state index >= 15 is 0 Å². The SMILES string of the molecule is CCc1nc2n(n1)CC(Nc1cc(C)nc3ncnn13)CC2. The van der Waals surface area contributed by atoms with Gasteiger partial charge in [0.05, 0.1) is 6.54 Å². The fourth-order valence-corrected chi connectivity index (χ4v) is 2.87. The number of rotatable bonds is 3. The highest BCUT2D eigenvalue weighted by Gasteiger charge is 2.22. The van der Waals surface area contributed by atoms with Crippen molar-refractivity contribution >= 4 is 11.6 Å². The Balaban J connectivity index is 1.59. The molecule has 1 unspecified atom stereocenters. The third-order valence-corrected chi connectivity index (χ3v) is 3.95. The molecule has 1 aliphatic heterocycles. The van der Waals surface area contributed by atoms with Crippen LogP contribution in [0.4, 0.5) is 5.82 Å². The highest BCUT2D eigenvalue weighted by molar-refractivity contribution is 5.45. The van der Waals surface area contributed by atoms with Crippen molar-refractivity contribution in [2.45, 2.75) is 45.7 Å². The Labute approximate surface area is 127 Å². The molecule has 0 radical (unpaired) electrons. The van der Waals surface area contributed by atoms with Gasteiger partial charge < -0.3 is 5.32 Å². The summed E-state index contributed by atoms with van der Waals surface area (Å²) in [6, 6.07) is 2.30. The number of hydrogen-bond donors (Lipinski definition) is 1. The van der Waals surface area contributed by atoms with Crippen LogP contribution in [0.5, 0.6) is 0 Å². The summed E-state index contributed by atoms with van der Waals surface area (Å²) < 4.78 is 3.76. The van der Waals surface area contributed by atoms with E-state index < -0.39 is 0 Å². The molecule has 1 atom stereocenters.